The summed E-state index contributed by atoms with van der Waals surface area (Å²) in [7, 11) is 1.22. The van der Waals surface area contributed by atoms with Gasteiger partial charge in [0, 0.05) is 29.8 Å². The van der Waals surface area contributed by atoms with E-state index in [0.717, 1.165) is 37.7 Å². The Balaban J connectivity index is 1.19. The molecule has 43 heavy (non-hydrogen) atoms. The molecule has 2 heterocycles. The number of fused-ring (bicyclic) bond motifs is 1. The Morgan fingerprint density at radius 1 is 1.00 bits per heavy atom. The molecule has 0 radical (unpaired) electrons. The second-order valence-electron chi connectivity index (χ2n) is 12.4. The van der Waals surface area contributed by atoms with Crippen LogP contribution in [0.1, 0.15) is 53.6 Å². The first-order valence-electron chi connectivity index (χ1n) is 14.8. The molecule has 4 aromatic rings. The summed E-state index contributed by atoms with van der Waals surface area (Å²) in [6, 6.07) is 20.1. The number of nitrogens with two attached hydrogens (primary N) is 1. The maximum Gasteiger partial charge on any atom is 0.514 e. The number of aromatic nitrogens is 2. The van der Waals surface area contributed by atoms with E-state index in [9.17, 15) is 14.4 Å². The standard InChI is InChI=1S/C34H34N4O5/c1-42-33(41)43-32-27(29(39)26-8-5-13-36-30(26)38(32)25-6-3-2-4-7-25)16-20-9-11-22(12-10-20)31(40)37-28-23-14-21-15-24(28)19-34(35,17-21)18-23/h2-13,21,23-24,28H,14-19,35H2,1H3,(H,37,40)/t21-,23-,24+,28-,34+. The van der Waals surface area contributed by atoms with Crippen molar-refractivity contribution in [3.05, 3.63) is 99.8 Å². The summed E-state index contributed by atoms with van der Waals surface area (Å²) in [6.45, 7) is 0. The largest absolute Gasteiger partial charge is 0.514 e. The third-order valence-corrected chi connectivity index (χ3v) is 9.55. The Kier molecular flexibility index (Phi) is 6.77. The van der Waals surface area contributed by atoms with Gasteiger partial charge in [-0.1, -0.05) is 30.3 Å². The number of carbonyl (C=O) groups is 2. The maximum atomic E-state index is 13.8. The summed E-state index contributed by atoms with van der Waals surface area (Å²) in [5, 5.41) is 3.72. The lowest BCUT2D eigenvalue weighted by Crippen LogP contribution is -2.64. The minimum atomic E-state index is -0.946. The molecular formula is C34H34N4O5. The van der Waals surface area contributed by atoms with Crippen molar-refractivity contribution in [3.63, 3.8) is 0 Å². The molecule has 9 heteroatoms. The van der Waals surface area contributed by atoms with Gasteiger partial charge in [-0.15, -0.1) is 0 Å². The van der Waals surface area contributed by atoms with Crippen molar-refractivity contribution >= 4 is 23.1 Å². The second-order valence-corrected chi connectivity index (χ2v) is 12.4. The Labute approximate surface area is 249 Å². The lowest BCUT2D eigenvalue weighted by atomic mass is 9.51. The van der Waals surface area contributed by atoms with Crippen LogP contribution < -0.4 is 21.2 Å². The van der Waals surface area contributed by atoms with Crippen molar-refractivity contribution in [2.24, 2.45) is 23.5 Å². The number of hydrogen-bond donors (Lipinski definition) is 2. The minimum absolute atomic E-state index is 0.0376. The first-order valence-corrected chi connectivity index (χ1v) is 14.8. The highest BCUT2D eigenvalue weighted by atomic mass is 16.7. The first-order chi connectivity index (χ1) is 20.8. The fourth-order valence-corrected chi connectivity index (χ4v) is 7.98. The predicted octanol–water partition coefficient (Wildman–Crippen LogP) is 4.76. The van der Waals surface area contributed by atoms with E-state index in [0.29, 0.717) is 40.0 Å². The quantitative estimate of drug-likeness (QED) is 0.316. The van der Waals surface area contributed by atoms with Crippen molar-refractivity contribution < 1.29 is 19.1 Å². The van der Waals surface area contributed by atoms with Crippen molar-refractivity contribution in [2.45, 2.75) is 50.1 Å². The molecule has 0 saturated heterocycles. The first kappa shape index (κ1) is 27.3. The van der Waals surface area contributed by atoms with Gasteiger partial charge in [0.2, 0.25) is 5.88 Å². The smallest absolute Gasteiger partial charge is 0.437 e. The number of pyridine rings is 2. The Morgan fingerprint density at radius 3 is 2.40 bits per heavy atom. The molecule has 0 spiro atoms. The van der Waals surface area contributed by atoms with Crippen LogP contribution in [0, 0.1) is 17.8 Å². The molecule has 4 bridgehead atoms. The van der Waals surface area contributed by atoms with Gasteiger partial charge in [0.25, 0.3) is 5.91 Å². The van der Waals surface area contributed by atoms with Crippen LogP contribution in [0.15, 0.2) is 77.7 Å². The summed E-state index contributed by atoms with van der Waals surface area (Å²) in [4.78, 5) is 43.9. The molecule has 8 rings (SSSR count). The van der Waals surface area contributed by atoms with E-state index in [2.05, 4.69) is 10.3 Å². The van der Waals surface area contributed by atoms with Crippen LogP contribution in [0.5, 0.6) is 5.88 Å². The van der Waals surface area contributed by atoms with Gasteiger partial charge in [-0.05, 0) is 91.8 Å². The van der Waals surface area contributed by atoms with Gasteiger partial charge in [-0.25, -0.2) is 9.78 Å². The van der Waals surface area contributed by atoms with E-state index in [1.165, 1.54) is 7.11 Å². The van der Waals surface area contributed by atoms with Crippen LogP contribution in [0.3, 0.4) is 0 Å². The Morgan fingerprint density at radius 2 is 1.72 bits per heavy atom. The number of nitrogens with one attached hydrogen (secondary N) is 1. The van der Waals surface area contributed by atoms with E-state index in [-0.39, 0.29) is 40.8 Å². The number of hydrogen-bond acceptors (Lipinski definition) is 7. The minimum Gasteiger partial charge on any atom is -0.437 e. The van der Waals surface area contributed by atoms with Crippen molar-refractivity contribution in [1.29, 1.82) is 0 Å². The zero-order valence-corrected chi connectivity index (χ0v) is 24.0. The summed E-state index contributed by atoms with van der Waals surface area (Å²) in [5.74, 6) is 1.53. The number of para-hydroxylation sites is 1. The predicted molar refractivity (Wildman–Crippen MR) is 161 cm³/mol. The van der Waals surface area contributed by atoms with Crippen molar-refractivity contribution in [2.75, 3.05) is 7.11 Å². The van der Waals surface area contributed by atoms with Gasteiger partial charge in [0.15, 0.2) is 11.1 Å². The number of benzene rings is 2. The molecule has 4 fully saturated rings. The van der Waals surface area contributed by atoms with Crippen LogP contribution in [0.2, 0.25) is 0 Å². The molecule has 5 atom stereocenters. The summed E-state index contributed by atoms with van der Waals surface area (Å²) in [6.07, 6.45) is 6.20. The van der Waals surface area contributed by atoms with Gasteiger partial charge < -0.3 is 20.5 Å². The Bertz CT molecular complexity index is 1750. The van der Waals surface area contributed by atoms with Gasteiger partial charge in [-0.2, -0.15) is 0 Å². The van der Waals surface area contributed by atoms with E-state index in [4.69, 9.17) is 15.2 Å². The fraction of sp³-hybridized carbons (Fsp3) is 0.353. The molecule has 9 nitrogen and oxygen atoms in total. The molecule has 4 aliphatic rings. The highest BCUT2D eigenvalue weighted by Crippen LogP contribution is 2.54. The van der Waals surface area contributed by atoms with Crippen LogP contribution >= 0.6 is 0 Å². The molecule has 4 saturated carbocycles. The van der Waals surface area contributed by atoms with Gasteiger partial charge in [0.1, 0.15) is 0 Å². The van der Waals surface area contributed by atoms with E-state index in [1.54, 1.807) is 35.0 Å². The number of carbonyl (C=O) groups excluding carboxylic acids is 2. The monoisotopic (exact) mass is 578 g/mol. The highest BCUT2D eigenvalue weighted by Gasteiger charge is 2.54. The van der Waals surface area contributed by atoms with Gasteiger partial charge in [-0.3, -0.25) is 14.2 Å². The lowest BCUT2D eigenvalue weighted by Gasteiger charge is -2.58. The van der Waals surface area contributed by atoms with E-state index >= 15 is 0 Å². The maximum absolute atomic E-state index is 13.8. The molecule has 2 aromatic heterocycles. The molecule has 0 unspecified atom stereocenters. The van der Waals surface area contributed by atoms with Crippen molar-refractivity contribution in [1.82, 2.24) is 14.9 Å². The van der Waals surface area contributed by atoms with Crippen molar-refractivity contribution in [3.8, 4) is 11.6 Å². The van der Waals surface area contributed by atoms with Crippen LogP contribution in [-0.4, -0.2) is 40.3 Å². The second kappa shape index (κ2) is 10.6. The zero-order chi connectivity index (χ0) is 29.7. The number of ether oxygens (including phenoxy) is 2. The molecule has 0 aliphatic heterocycles. The summed E-state index contributed by atoms with van der Waals surface area (Å²) >= 11 is 0. The van der Waals surface area contributed by atoms with Gasteiger partial charge >= 0.3 is 6.16 Å². The SMILES string of the molecule is COC(=O)Oc1c(Cc2ccc(C(=O)N[C@@H]3[C@@H]4C[C@@H]5C[C@H]3C[C@](N)(C5)C4)cc2)c(=O)c2cccnc2n1-c1ccccc1. The van der Waals surface area contributed by atoms with E-state index in [1.807, 2.05) is 42.5 Å². The van der Waals surface area contributed by atoms with Crippen LogP contribution in [-0.2, 0) is 11.2 Å². The van der Waals surface area contributed by atoms with E-state index < -0.39 is 6.16 Å². The molecular weight excluding hydrogens is 544 g/mol. The topological polar surface area (TPSA) is 126 Å². The molecule has 3 N–H and O–H groups in total. The molecule has 2 aromatic carbocycles. The number of nitrogens with zero attached hydrogens (tertiary/aromatic N) is 2. The van der Waals surface area contributed by atoms with Crippen LogP contribution in [0.4, 0.5) is 4.79 Å². The average Bonchev–Trinajstić information content (AvgIpc) is 3.01. The average molecular weight is 579 g/mol. The van der Waals surface area contributed by atoms with Crippen LogP contribution in [0.25, 0.3) is 16.7 Å². The molecule has 220 valence electrons. The lowest BCUT2D eigenvalue weighted by molar-refractivity contribution is -0.0278. The number of rotatable bonds is 6. The Hall–Kier alpha value is -4.50. The van der Waals surface area contributed by atoms with Gasteiger partial charge in [0.05, 0.1) is 23.7 Å². The summed E-state index contributed by atoms with van der Waals surface area (Å²) in [5.41, 5.74) is 8.97. The number of amides is 1. The third-order valence-electron chi connectivity index (χ3n) is 9.55. The number of methoxy groups -OCH3 is 1. The molecule has 1 amide bonds. The molecule has 4 aliphatic carbocycles. The third kappa shape index (κ3) is 4.97. The summed E-state index contributed by atoms with van der Waals surface area (Å²) < 4.78 is 12.1. The highest BCUT2D eigenvalue weighted by molar-refractivity contribution is 5.94. The fourth-order valence-electron chi connectivity index (χ4n) is 7.98. The zero-order valence-electron chi connectivity index (χ0n) is 24.0. The normalized spacial score (nSPS) is 25.4.